The lowest BCUT2D eigenvalue weighted by Gasteiger charge is -2.29. The van der Waals surface area contributed by atoms with E-state index in [1.54, 1.807) is 12.1 Å². The Kier molecular flexibility index (Phi) is 5.27. The Labute approximate surface area is 152 Å². The van der Waals surface area contributed by atoms with Gasteiger partial charge in [-0.15, -0.1) is 0 Å². The molecule has 2 heterocycles. The number of thioether (sulfide) groups is 1. The molecular weight excluding hydrogens is 334 g/mol. The molecule has 1 aliphatic heterocycles. The lowest BCUT2D eigenvalue weighted by Crippen LogP contribution is -2.36. The Morgan fingerprint density at radius 2 is 1.96 bits per heavy atom. The van der Waals surface area contributed by atoms with E-state index in [1.807, 2.05) is 31.1 Å². The van der Waals surface area contributed by atoms with Crippen LogP contribution in [0.5, 0.6) is 5.75 Å². The molecule has 0 spiro atoms. The second-order valence-corrected chi connectivity index (χ2v) is 7.15. The average molecular weight is 357 g/mol. The number of carbonyl (C=O) groups excluding carboxylic acids is 1. The summed E-state index contributed by atoms with van der Waals surface area (Å²) in [6.07, 6.45) is 3.92. The third kappa shape index (κ3) is 3.95. The third-order valence-corrected chi connectivity index (χ3v) is 5.27. The SMILES string of the molecule is CSc1nc(C)c(CCC(=O)N2CCc3ccc(O)cc3C2)c(C)n1. The first-order valence-corrected chi connectivity index (χ1v) is 9.67. The highest BCUT2D eigenvalue weighted by atomic mass is 32.2. The number of aryl methyl sites for hydroxylation is 2. The van der Waals surface area contributed by atoms with Gasteiger partial charge < -0.3 is 10.0 Å². The molecule has 1 aromatic carbocycles. The number of amides is 1. The molecule has 0 unspecified atom stereocenters. The van der Waals surface area contributed by atoms with E-state index in [0.717, 1.165) is 40.6 Å². The average Bonchev–Trinajstić information content (AvgIpc) is 2.59. The van der Waals surface area contributed by atoms with Crippen molar-refractivity contribution in [3.05, 3.63) is 46.3 Å². The van der Waals surface area contributed by atoms with Crippen LogP contribution in [-0.4, -0.2) is 38.7 Å². The minimum absolute atomic E-state index is 0.140. The van der Waals surface area contributed by atoms with Gasteiger partial charge in [-0.2, -0.15) is 0 Å². The van der Waals surface area contributed by atoms with Crippen molar-refractivity contribution in [1.82, 2.24) is 14.9 Å². The van der Waals surface area contributed by atoms with Crippen LogP contribution in [0.1, 0.15) is 34.5 Å². The first kappa shape index (κ1) is 17.7. The molecular formula is C19H23N3O2S. The second-order valence-electron chi connectivity index (χ2n) is 6.38. The highest BCUT2D eigenvalue weighted by molar-refractivity contribution is 7.98. The Morgan fingerprint density at radius 1 is 1.24 bits per heavy atom. The molecule has 1 N–H and O–H groups in total. The number of nitrogens with zero attached hydrogens (tertiary/aromatic N) is 3. The fourth-order valence-corrected chi connectivity index (χ4v) is 3.76. The Morgan fingerprint density at radius 3 is 2.64 bits per heavy atom. The second kappa shape index (κ2) is 7.44. The van der Waals surface area contributed by atoms with Crippen molar-refractivity contribution >= 4 is 17.7 Å². The summed E-state index contributed by atoms with van der Waals surface area (Å²) in [6.45, 7) is 5.27. The van der Waals surface area contributed by atoms with E-state index in [1.165, 1.54) is 17.3 Å². The molecule has 1 aromatic heterocycles. The van der Waals surface area contributed by atoms with E-state index in [2.05, 4.69) is 9.97 Å². The molecule has 0 aliphatic carbocycles. The standard InChI is InChI=1S/C19H23N3O2S/c1-12-17(13(2)21-19(20-12)25-3)6-7-18(24)22-9-8-14-4-5-16(23)10-15(14)11-22/h4-5,10,23H,6-9,11H2,1-3H3. The molecule has 3 rings (SSSR count). The molecule has 0 fully saturated rings. The van der Waals surface area contributed by atoms with E-state index in [4.69, 9.17) is 0 Å². The number of phenolic OH excluding ortho intramolecular Hbond substituents is 1. The van der Waals surface area contributed by atoms with Crippen molar-refractivity contribution in [3.8, 4) is 5.75 Å². The molecule has 0 saturated carbocycles. The predicted octanol–water partition coefficient (Wildman–Crippen LogP) is 3.04. The lowest BCUT2D eigenvalue weighted by molar-refractivity contribution is -0.132. The maximum atomic E-state index is 12.6. The molecule has 1 amide bonds. The normalized spacial score (nSPS) is 13.6. The van der Waals surface area contributed by atoms with Crippen molar-refractivity contribution < 1.29 is 9.90 Å². The number of fused-ring (bicyclic) bond motifs is 1. The first-order valence-electron chi connectivity index (χ1n) is 8.44. The van der Waals surface area contributed by atoms with Crippen molar-refractivity contribution in [3.63, 3.8) is 0 Å². The van der Waals surface area contributed by atoms with Crippen LogP contribution in [0.25, 0.3) is 0 Å². The maximum Gasteiger partial charge on any atom is 0.223 e. The molecule has 0 saturated heterocycles. The van der Waals surface area contributed by atoms with Gasteiger partial charge in [0.2, 0.25) is 5.91 Å². The number of phenols is 1. The van der Waals surface area contributed by atoms with Crippen molar-refractivity contribution in [2.24, 2.45) is 0 Å². The largest absolute Gasteiger partial charge is 0.508 e. The summed E-state index contributed by atoms with van der Waals surface area (Å²) < 4.78 is 0. The van der Waals surface area contributed by atoms with Gasteiger partial charge in [0.15, 0.2) is 5.16 Å². The van der Waals surface area contributed by atoms with E-state index < -0.39 is 0 Å². The summed E-state index contributed by atoms with van der Waals surface area (Å²) in [5.41, 5.74) is 5.24. The fraction of sp³-hybridized carbons (Fsp3) is 0.421. The molecule has 5 nitrogen and oxygen atoms in total. The van der Waals surface area contributed by atoms with Crippen LogP contribution in [-0.2, 0) is 24.2 Å². The molecule has 0 atom stereocenters. The van der Waals surface area contributed by atoms with Crippen molar-refractivity contribution in [2.75, 3.05) is 12.8 Å². The van der Waals surface area contributed by atoms with Crippen LogP contribution in [0, 0.1) is 13.8 Å². The molecule has 132 valence electrons. The quantitative estimate of drug-likeness (QED) is 0.673. The van der Waals surface area contributed by atoms with Gasteiger partial charge in [0.25, 0.3) is 0 Å². The van der Waals surface area contributed by atoms with Gasteiger partial charge in [-0.3, -0.25) is 4.79 Å². The van der Waals surface area contributed by atoms with Gasteiger partial charge in [0.05, 0.1) is 0 Å². The predicted molar refractivity (Wildman–Crippen MR) is 98.8 cm³/mol. The van der Waals surface area contributed by atoms with E-state index in [0.29, 0.717) is 19.4 Å². The minimum atomic E-state index is 0.140. The summed E-state index contributed by atoms with van der Waals surface area (Å²) in [6, 6.07) is 5.42. The number of rotatable bonds is 4. The van der Waals surface area contributed by atoms with Gasteiger partial charge in [0.1, 0.15) is 5.75 Å². The van der Waals surface area contributed by atoms with Crippen LogP contribution in [0.4, 0.5) is 0 Å². The van der Waals surface area contributed by atoms with Gasteiger partial charge in [-0.1, -0.05) is 17.8 Å². The fourth-order valence-electron chi connectivity index (χ4n) is 3.31. The van der Waals surface area contributed by atoms with Gasteiger partial charge >= 0.3 is 0 Å². The lowest BCUT2D eigenvalue weighted by atomic mass is 9.98. The van der Waals surface area contributed by atoms with Gasteiger partial charge in [-0.05, 0) is 61.8 Å². The number of benzene rings is 1. The highest BCUT2D eigenvalue weighted by Gasteiger charge is 2.21. The first-order chi connectivity index (χ1) is 12.0. The molecule has 1 aliphatic rings. The van der Waals surface area contributed by atoms with Crippen molar-refractivity contribution in [1.29, 1.82) is 0 Å². The Hall–Kier alpha value is -2.08. The minimum Gasteiger partial charge on any atom is -0.508 e. The van der Waals surface area contributed by atoms with E-state index in [-0.39, 0.29) is 11.7 Å². The molecule has 25 heavy (non-hydrogen) atoms. The Bertz CT molecular complexity index is 784. The third-order valence-electron chi connectivity index (χ3n) is 4.73. The van der Waals surface area contributed by atoms with Crippen LogP contribution < -0.4 is 0 Å². The van der Waals surface area contributed by atoms with E-state index >= 15 is 0 Å². The van der Waals surface area contributed by atoms with Crippen LogP contribution >= 0.6 is 11.8 Å². The monoisotopic (exact) mass is 357 g/mol. The number of hydrogen-bond acceptors (Lipinski definition) is 5. The summed E-state index contributed by atoms with van der Waals surface area (Å²) >= 11 is 1.53. The van der Waals surface area contributed by atoms with Gasteiger partial charge in [-0.25, -0.2) is 9.97 Å². The number of aromatic nitrogens is 2. The van der Waals surface area contributed by atoms with Crippen LogP contribution in [0.2, 0.25) is 0 Å². The zero-order valence-corrected chi connectivity index (χ0v) is 15.7. The number of aromatic hydroxyl groups is 1. The zero-order valence-electron chi connectivity index (χ0n) is 14.9. The molecule has 2 aromatic rings. The molecule has 6 heteroatoms. The van der Waals surface area contributed by atoms with Crippen LogP contribution in [0.15, 0.2) is 23.4 Å². The topological polar surface area (TPSA) is 66.3 Å². The smallest absolute Gasteiger partial charge is 0.223 e. The molecule has 0 radical (unpaired) electrons. The Balaban J connectivity index is 1.66. The number of hydrogen-bond donors (Lipinski definition) is 1. The summed E-state index contributed by atoms with van der Waals surface area (Å²) in [5.74, 6) is 0.395. The zero-order chi connectivity index (χ0) is 18.0. The number of carbonyl (C=O) groups is 1. The van der Waals surface area contributed by atoms with Crippen molar-refractivity contribution in [2.45, 2.75) is 44.8 Å². The van der Waals surface area contributed by atoms with Gasteiger partial charge in [0, 0.05) is 30.9 Å². The summed E-state index contributed by atoms with van der Waals surface area (Å²) in [4.78, 5) is 23.5. The van der Waals surface area contributed by atoms with Crippen LogP contribution in [0.3, 0.4) is 0 Å². The van der Waals surface area contributed by atoms with E-state index in [9.17, 15) is 9.90 Å². The summed E-state index contributed by atoms with van der Waals surface area (Å²) in [5, 5.41) is 10.4. The molecule has 0 bridgehead atoms. The maximum absolute atomic E-state index is 12.6. The summed E-state index contributed by atoms with van der Waals surface area (Å²) in [7, 11) is 0. The highest BCUT2D eigenvalue weighted by Crippen LogP contribution is 2.24.